The minimum absolute atomic E-state index is 0.0108. The molecule has 0 radical (unpaired) electrons. The van der Waals surface area contributed by atoms with Gasteiger partial charge >= 0.3 is 18.1 Å². The molecule has 0 atom stereocenters. The fourth-order valence-corrected chi connectivity index (χ4v) is 4.79. The molecular formula is C27H32F3N6O3+. The quantitative estimate of drug-likeness (QED) is 0.342. The number of amides is 3. The molecule has 2 aromatic carbocycles. The van der Waals surface area contributed by atoms with Crippen LogP contribution in [0.1, 0.15) is 42.9 Å². The van der Waals surface area contributed by atoms with Crippen LogP contribution in [0.3, 0.4) is 0 Å². The molecule has 0 bridgehead atoms. The number of urea groups is 1. The van der Waals surface area contributed by atoms with Gasteiger partial charge in [-0.2, -0.15) is 13.2 Å². The molecule has 0 spiro atoms. The van der Waals surface area contributed by atoms with Gasteiger partial charge in [0.05, 0.1) is 12.0 Å². The Bertz CT molecular complexity index is 1270. The number of alkyl halides is 3. The molecule has 1 heterocycles. The Labute approximate surface area is 224 Å². The van der Waals surface area contributed by atoms with Gasteiger partial charge in [0.2, 0.25) is 11.2 Å². The molecule has 39 heavy (non-hydrogen) atoms. The van der Waals surface area contributed by atoms with Crippen LogP contribution in [0.15, 0.2) is 59.3 Å². The van der Waals surface area contributed by atoms with Gasteiger partial charge in [-0.05, 0) is 61.3 Å². The summed E-state index contributed by atoms with van der Waals surface area (Å²) in [7, 11) is 4.12. The van der Waals surface area contributed by atoms with E-state index in [-0.39, 0.29) is 29.7 Å². The number of halogens is 3. The number of rotatable bonds is 8. The van der Waals surface area contributed by atoms with Crippen LogP contribution in [0.2, 0.25) is 0 Å². The molecule has 3 aromatic rings. The Morgan fingerprint density at radius 2 is 1.67 bits per heavy atom. The maximum absolute atomic E-state index is 13.5. The van der Waals surface area contributed by atoms with E-state index in [9.17, 15) is 22.8 Å². The second-order valence-corrected chi connectivity index (χ2v) is 10.1. The number of aromatic nitrogens is 2. The number of carbonyl (C=O) groups excluding carboxylic acids is 2. The van der Waals surface area contributed by atoms with Crippen molar-refractivity contribution >= 4 is 29.2 Å². The van der Waals surface area contributed by atoms with Crippen LogP contribution in [0, 0.1) is 5.92 Å². The van der Waals surface area contributed by atoms with E-state index in [1.807, 2.05) is 0 Å². The van der Waals surface area contributed by atoms with Gasteiger partial charge in [0.25, 0.3) is 6.20 Å². The molecule has 1 aromatic heterocycles. The monoisotopic (exact) mass is 545 g/mol. The first-order valence-electron chi connectivity index (χ1n) is 12.7. The molecule has 208 valence electrons. The highest BCUT2D eigenvalue weighted by atomic mass is 19.4. The van der Waals surface area contributed by atoms with E-state index in [2.05, 4.69) is 40.2 Å². The number of nitrogens with one attached hydrogen (secondary N) is 3. The van der Waals surface area contributed by atoms with Gasteiger partial charge in [-0.1, -0.05) is 30.3 Å². The highest BCUT2D eigenvalue weighted by Crippen LogP contribution is 2.34. The van der Waals surface area contributed by atoms with Crippen LogP contribution >= 0.6 is 0 Å². The Kier molecular flexibility index (Phi) is 8.85. The predicted molar refractivity (Wildman–Crippen MR) is 139 cm³/mol. The zero-order valence-corrected chi connectivity index (χ0v) is 21.8. The minimum Gasteiger partial charge on any atom is -0.326 e. The van der Waals surface area contributed by atoms with Crippen LogP contribution in [-0.4, -0.2) is 42.7 Å². The molecule has 3 N–H and O–H groups in total. The molecule has 1 aliphatic rings. The topological polar surface area (TPSA) is 103 Å². The van der Waals surface area contributed by atoms with Crippen molar-refractivity contribution in [1.82, 2.24) is 10.2 Å². The zero-order valence-electron chi connectivity index (χ0n) is 21.8. The molecule has 12 heteroatoms. The van der Waals surface area contributed by atoms with E-state index in [4.69, 9.17) is 4.52 Å². The van der Waals surface area contributed by atoms with Crippen LogP contribution < -0.4 is 20.6 Å². The van der Waals surface area contributed by atoms with Gasteiger partial charge in [0, 0.05) is 30.8 Å². The third kappa shape index (κ3) is 8.28. The lowest BCUT2D eigenvalue weighted by Crippen LogP contribution is -2.43. The van der Waals surface area contributed by atoms with E-state index in [1.54, 1.807) is 41.2 Å². The van der Waals surface area contributed by atoms with Crippen LogP contribution in [0.5, 0.6) is 0 Å². The molecule has 9 nitrogen and oxygen atoms in total. The van der Waals surface area contributed by atoms with Crippen molar-refractivity contribution in [3.63, 3.8) is 0 Å². The Hall–Kier alpha value is -3.93. The lowest BCUT2D eigenvalue weighted by atomic mass is 9.86. The summed E-state index contributed by atoms with van der Waals surface area (Å²) in [6.45, 7) is 1.04. The van der Waals surface area contributed by atoms with Gasteiger partial charge in [0.15, 0.2) is 6.04 Å². The van der Waals surface area contributed by atoms with Gasteiger partial charge < -0.3 is 15.5 Å². The van der Waals surface area contributed by atoms with Gasteiger partial charge in [0.1, 0.15) is 0 Å². The maximum Gasteiger partial charge on any atom is 0.416 e. The highest BCUT2D eigenvalue weighted by molar-refractivity contribution is 6.00. The molecule has 0 aliphatic heterocycles. The minimum atomic E-state index is -4.69. The Morgan fingerprint density at radius 1 is 1.00 bits per heavy atom. The van der Waals surface area contributed by atoms with Crippen LogP contribution in [0.25, 0.3) is 0 Å². The normalized spacial score (nSPS) is 17.6. The first-order valence-corrected chi connectivity index (χ1v) is 12.7. The number of benzene rings is 2. The predicted octanol–water partition coefficient (Wildman–Crippen LogP) is 5.10. The fraction of sp³-hybridized carbons (Fsp3) is 0.407. The number of anilines is 3. The van der Waals surface area contributed by atoms with E-state index in [0.29, 0.717) is 11.5 Å². The summed E-state index contributed by atoms with van der Waals surface area (Å²) in [6, 6.07) is 11.0. The molecule has 0 unspecified atom stereocenters. The van der Waals surface area contributed by atoms with Crippen molar-refractivity contribution in [2.24, 2.45) is 5.92 Å². The summed E-state index contributed by atoms with van der Waals surface area (Å²) in [4.78, 5) is 27.1. The lowest BCUT2D eigenvalue weighted by molar-refractivity contribution is -0.787. The van der Waals surface area contributed by atoms with E-state index < -0.39 is 23.7 Å². The third-order valence-electron chi connectivity index (χ3n) is 6.54. The number of hydrogen-bond donors (Lipinski definition) is 3. The highest BCUT2D eigenvalue weighted by Gasteiger charge is 2.32. The summed E-state index contributed by atoms with van der Waals surface area (Å²) in [5.41, 5.74) is -0.546. The lowest BCUT2D eigenvalue weighted by Gasteiger charge is -2.26. The Balaban J connectivity index is 1.38. The molecule has 1 aliphatic carbocycles. The SMILES string of the molecule is CN(C)CC1CCC([n+]2cc(NC(=O)Nc3cc(NC(=O)Cc4ccccc4)cc(C(F)(F)F)c3)on2)CC1. The molecule has 3 amide bonds. The van der Waals surface area contributed by atoms with Crippen molar-refractivity contribution < 1.29 is 32.0 Å². The molecular weight excluding hydrogens is 513 g/mol. The van der Waals surface area contributed by atoms with Crippen LogP contribution in [-0.2, 0) is 17.4 Å². The summed E-state index contributed by atoms with van der Waals surface area (Å²) in [5.74, 6) is 0.205. The summed E-state index contributed by atoms with van der Waals surface area (Å²) in [6.07, 6.45) is 0.863. The molecule has 4 rings (SSSR count). The van der Waals surface area contributed by atoms with Gasteiger partial charge in [-0.15, -0.1) is 0 Å². The van der Waals surface area contributed by atoms with E-state index in [0.717, 1.165) is 44.4 Å². The largest absolute Gasteiger partial charge is 0.416 e. The first kappa shape index (κ1) is 28.1. The zero-order chi connectivity index (χ0) is 28.0. The van der Waals surface area contributed by atoms with Crippen molar-refractivity contribution in [3.8, 4) is 0 Å². The third-order valence-corrected chi connectivity index (χ3v) is 6.54. The maximum atomic E-state index is 13.5. The standard InChI is InChI=1S/C27H31F3N6O3/c1-35(2)16-19-8-10-23(11-9-19)36-17-25(39-34-36)33-26(38)32-22-14-20(27(28,29)30)13-21(15-22)31-24(37)12-18-6-4-3-5-7-18/h3-7,13-15,17,19,23H,8-12,16H2,1-2H3,(H2-,31,32,33,34,37,38)/p+1. The number of nitrogens with zero attached hydrogens (tertiary/aromatic N) is 3. The van der Waals surface area contributed by atoms with E-state index >= 15 is 0 Å². The van der Waals surface area contributed by atoms with Crippen molar-refractivity contribution in [2.75, 3.05) is 36.6 Å². The first-order chi connectivity index (χ1) is 18.5. The average molecular weight is 546 g/mol. The average Bonchev–Trinajstić information content (AvgIpc) is 3.32. The van der Waals surface area contributed by atoms with Crippen molar-refractivity contribution in [1.29, 1.82) is 0 Å². The molecule has 1 fully saturated rings. The Morgan fingerprint density at radius 3 is 2.31 bits per heavy atom. The van der Waals surface area contributed by atoms with Crippen LogP contribution in [0.4, 0.5) is 35.2 Å². The second-order valence-electron chi connectivity index (χ2n) is 10.1. The molecule has 0 saturated heterocycles. The summed E-state index contributed by atoms with van der Waals surface area (Å²) < 4.78 is 47.4. The van der Waals surface area contributed by atoms with Gasteiger partial charge in [-0.25, -0.2) is 4.79 Å². The van der Waals surface area contributed by atoms with Crippen molar-refractivity contribution in [2.45, 2.75) is 44.3 Å². The fourth-order valence-electron chi connectivity index (χ4n) is 4.79. The van der Waals surface area contributed by atoms with Crippen molar-refractivity contribution in [3.05, 3.63) is 65.9 Å². The number of carbonyl (C=O) groups is 2. The molecule has 1 saturated carbocycles. The van der Waals surface area contributed by atoms with Gasteiger partial charge in [-0.3, -0.25) is 14.6 Å². The summed E-state index contributed by atoms with van der Waals surface area (Å²) >= 11 is 0. The van der Waals surface area contributed by atoms with E-state index in [1.165, 1.54) is 6.07 Å². The summed E-state index contributed by atoms with van der Waals surface area (Å²) in [5, 5.41) is 11.3. The smallest absolute Gasteiger partial charge is 0.326 e. The second kappa shape index (κ2) is 12.3. The number of hydrogen-bond acceptors (Lipinski definition) is 5.